The zero-order valence-corrected chi connectivity index (χ0v) is 17.9. The fraction of sp³-hybridized carbons (Fsp3) is 0.409. The van der Waals surface area contributed by atoms with E-state index in [1.165, 1.54) is 0 Å². The van der Waals surface area contributed by atoms with Crippen molar-refractivity contribution in [3.63, 3.8) is 0 Å². The first-order valence-corrected chi connectivity index (χ1v) is 10.1. The van der Waals surface area contributed by atoms with Gasteiger partial charge in [0.05, 0.1) is 25.6 Å². The summed E-state index contributed by atoms with van der Waals surface area (Å²) >= 11 is 0. The van der Waals surface area contributed by atoms with Crippen LogP contribution in [0.25, 0.3) is 11.3 Å². The number of rotatable bonds is 6. The molecule has 0 fully saturated rings. The van der Waals surface area contributed by atoms with Gasteiger partial charge in [-0.25, -0.2) is 4.98 Å². The quantitative estimate of drug-likeness (QED) is 0.669. The van der Waals surface area contributed by atoms with Crippen LogP contribution in [0.5, 0.6) is 17.4 Å². The van der Waals surface area contributed by atoms with E-state index in [1.54, 1.807) is 20.3 Å². The zero-order chi connectivity index (χ0) is 21.1. The Labute approximate surface area is 176 Å². The largest absolute Gasteiger partial charge is 0.493 e. The molecule has 3 aromatic rings. The molecule has 0 bridgehead atoms. The van der Waals surface area contributed by atoms with Gasteiger partial charge in [-0.05, 0) is 25.1 Å². The smallest absolute Gasteiger partial charge is 0.233 e. The molecule has 8 nitrogen and oxygen atoms in total. The lowest BCUT2D eigenvalue weighted by Crippen LogP contribution is -2.25. The summed E-state index contributed by atoms with van der Waals surface area (Å²) in [4.78, 5) is 10.4. The topological polar surface area (TPSA) is 85.4 Å². The Morgan fingerprint density at radius 1 is 1.17 bits per heavy atom. The second-order valence-corrected chi connectivity index (χ2v) is 7.30. The van der Waals surface area contributed by atoms with E-state index in [-0.39, 0.29) is 0 Å². The molecule has 4 rings (SSSR count). The second-order valence-electron chi connectivity index (χ2n) is 7.30. The van der Waals surface area contributed by atoms with Gasteiger partial charge in [0.2, 0.25) is 5.88 Å². The Bertz CT molecular complexity index is 1020. The Kier molecular flexibility index (Phi) is 5.85. The molecule has 0 spiro atoms. The van der Waals surface area contributed by atoms with E-state index < -0.39 is 0 Å². The molecule has 2 aromatic heterocycles. The van der Waals surface area contributed by atoms with Crippen molar-refractivity contribution >= 4 is 0 Å². The molecule has 1 aliphatic rings. The SMILES string of the molecule is CCc1nc(CN2CCOc3c(cc(-c4ccc(OC)nn4)cc3OC)C2)c(C)[nH]1. The van der Waals surface area contributed by atoms with Crippen LogP contribution < -0.4 is 14.2 Å². The number of imidazole rings is 1. The number of hydrogen-bond acceptors (Lipinski definition) is 7. The van der Waals surface area contributed by atoms with E-state index in [9.17, 15) is 0 Å². The molecule has 0 saturated carbocycles. The lowest BCUT2D eigenvalue weighted by molar-refractivity contribution is 0.215. The number of aryl methyl sites for hydroxylation is 2. The van der Waals surface area contributed by atoms with Gasteiger partial charge >= 0.3 is 0 Å². The first-order chi connectivity index (χ1) is 14.6. The molecule has 0 aliphatic carbocycles. The molecule has 158 valence electrons. The highest BCUT2D eigenvalue weighted by Crippen LogP contribution is 2.38. The number of fused-ring (bicyclic) bond motifs is 1. The average molecular weight is 409 g/mol. The Morgan fingerprint density at radius 3 is 2.70 bits per heavy atom. The maximum atomic E-state index is 6.07. The Hall–Kier alpha value is -3.13. The van der Waals surface area contributed by atoms with Crippen molar-refractivity contribution in [2.75, 3.05) is 27.4 Å². The minimum absolute atomic E-state index is 0.482. The van der Waals surface area contributed by atoms with Gasteiger partial charge in [0.1, 0.15) is 12.4 Å². The van der Waals surface area contributed by atoms with E-state index in [0.717, 1.165) is 65.8 Å². The summed E-state index contributed by atoms with van der Waals surface area (Å²) in [5.41, 5.74) is 4.94. The predicted molar refractivity (Wildman–Crippen MR) is 113 cm³/mol. The van der Waals surface area contributed by atoms with Crippen molar-refractivity contribution in [1.82, 2.24) is 25.1 Å². The van der Waals surface area contributed by atoms with Crippen LogP contribution in [0.2, 0.25) is 0 Å². The maximum Gasteiger partial charge on any atom is 0.233 e. The molecule has 1 aliphatic heterocycles. The van der Waals surface area contributed by atoms with Crippen LogP contribution in [0.1, 0.15) is 29.7 Å². The normalized spacial score (nSPS) is 14.0. The summed E-state index contributed by atoms with van der Waals surface area (Å²) < 4.78 is 16.8. The fourth-order valence-electron chi connectivity index (χ4n) is 3.65. The van der Waals surface area contributed by atoms with E-state index in [2.05, 4.69) is 40.0 Å². The van der Waals surface area contributed by atoms with E-state index in [4.69, 9.17) is 19.2 Å². The molecule has 3 heterocycles. The lowest BCUT2D eigenvalue weighted by atomic mass is 10.0. The number of methoxy groups -OCH3 is 2. The third-order valence-corrected chi connectivity index (χ3v) is 5.29. The predicted octanol–water partition coefficient (Wildman–Crippen LogP) is 3.15. The van der Waals surface area contributed by atoms with Gasteiger partial charge in [-0.2, -0.15) is 0 Å². The molecule has 0 unspecified atom stereocenters. The molecule has 30 heavy (non-hydrogen) atoms. The summed E-state index contributed by atoms with van der Waals surface area (Å²) in [5, 5.41) is 8.36. The number of benzene rings is 1. The highest BCUT2D eigenvalue weighted by molar-refractivity contribution is 5.66. The summed E-state index contributed by atoms with van der Waals surface area (Å²) in [6.07, 6.45) is 0.899. The summed E-state index contributed by atoms with van der Waals surface area (Å²) in [6, 6.07) is 7.73. The third kappa shape index (κ3) is 4.09. The zero-order valence-electron chi connectivity index (χ0n) is 17.9. The third-order valence-electron chi connectivity index (χ3n) is 5.29. The van der Waals surface area contributed by atoms with Gasteiger partial charge in [-0.3, -0.25) is 4.90 Å². The Morgan fingerprint density at radius 2 is 2.03 bits per heavy atom. The van der Waals surface area contributed by atoms with Gasteiger partial charge in [0, 0.05) is 48.9 Å². The molecular weight excluding hydrogens is 382 g/mol. The van der Waals surface area contributed by atoms with Crippen molar-refractivity contribution in [2.24, 2.45) is 0 Å². The van der Waals surface area contributed by atoms with Crippen LogP contribution >= 0.6 is 0 Å². The lowest BCUT2D eigenvalue weighted by Gasteiger charge is -2.19. The van der Waals surface area contributed by atoms with Gasteiger partial charge in [-0.15, -0.1) is 10.2 Å². The Balaban J connectivity index is 1.64. The van der Waals surface area contributed by atoms with Crippen LogP contribution in [0.15, 0.2) is 24.3 Å². The van der Waals surface area contributed by atoms with Crippen LogP contribution in [0, 0.1) is 6.92 Å². The first-order valence-electron chi connectivity index (χ1n) is 10.1. The molecule has 0 amide bonds. The number of aromatic nitrogens is 4. The van der Waals surface area contributed by atoms with E-state index in [0.29, 0.717) is 18.2 Å². The van der Waals surface area contributed by atoms with Crippen LogP contribution in [0.4, 0.5) is 0 Å². The maximum absolute atomic E-state index is 6.07. The second kappa shape index (κ2) is 8.71. The van der Waals surface area contributed by atoms with Gasteiger partial charge < -0.3 is 19.2 Å². The number of nitrogens with zero attached hydrogens (tertiary/aromatic N) is 4. The summed E-state index contributed by atoms with van der Waals surface area (Å²) in [7, 11) is 3.23. The van der Waals surface area contributed by atoms with Gasteiger partial charge in [0.15, 0.2) is 11.5 Å². The monoisotopic (exact) mass is 409 g/mol. The van der Waals surface area contributed by atoms with Crippen molar-refractivity contribution < 1.29 is 14.2 Å². The summed E-state index contributed by atoms with van der Waals surface area (Å²) in [6.45, 7) is 7.08. The number of aromatic amines is 1. The first kappa shape index (κ1) is 20.2. The number of H-pyrrole nitrogens is 1. The fourth-order valence-corrected chi connectivity index (χ4v) is 3.65. The highest BCUT2D eigenvalue weighted by atomic mass is 16.5. The number of nitrogens with one attached hydrogen (secondary N) is 1. The molecule has 1 N–H and O–H groups in total. The van der Waals surface area contributed by atoms with Crippen LogP contribution in [-0.2, 0) is 19.5 Å². The highest BCUT2D eigenvalue weighted by Gasteiger charge is 2.22. The van der Waals surface area contributed by atoms with Crippen LogP contribution in [0.3, 0.4) is 0 Å². The number of hydrogen-bond donors (Lipinski definition) is 1. The molecule has 8 heteroatoms. The molecule has 0 saturated heterocycles. The van der Waals surface area contributed by atoms with Crippen molar-refractivity contribution in [2.45, 2.75) is 33.4 Å². The van der Waals surface area contributed by atoms with E-state index >= 15 is 0 Å². The molecule has 1 aromatic carbocycles. The molecule has 0 radical (unpaired) electrons. The average Bonchev–Trinajstić information content (AvgIpc) is 3.00. The van der Waals surface area contributed by atoms with E-state index in [1.807, 2.05) is 12.1 Å². The minimum Gasteiger partial charge on any atom is -0.493 e. The van der Waals surface area contributed by atoms with Gasteiger partial charge in [0.25, 0.3) is 0 Å². The molecule has 0 atom stereocenters. The molecular formula is C22H27N5O3. The van der Waals surface area contributed by atoms with Crippen molar-refractivity contribution in [3.8, 4) is 28.6 Å². The minimum atomic E-state index is 0.482. The van der Waals surface area contributed by atoms with Crippen LogP contribution in [-0.4, -0.2) is 52.4 Å². The van der Waals surface area contributed by atoms with Crippen molar-refractivity contribution in [1.29, 1.82) is 0 Å². The summed E-state index contributed by atoms with van der Waals surface area (Å²) in [5.74, 6) is 3.00. The van der Waals surface area contributed by atoms with Crippen molar-refractivity contribution in [3.05, 3.63) is 47.0 Å². The van der Waals surface area contributed by atoms with Gasteiger partial charge in [-0.1, -0.05) is 6.92 Å². The standard InChI is InChI=1S/C22H27N5O3/c1-5-20-23-14(2)18(24-20)13-27-8-9-30-22-16(12-27)10-15(11-19(22)28-3)17-6-7-21(29-4)26-25-17/h6-7,10-11H,5,8-9,12-13H2,1-4H3,(H,23,24). The number of ether oxygens (including phenoxy) is 3.